The molecule has 0 aliphatic heterocycles. The molecule has 0 spiro atoms. The van der Waals surface area contributed by atoms with Gasteiger partial charge in [0.15, 0.2) is 0 Å². The Morgan fingerprint density at radius 2 is 0.816 bits per heavy atom. The van der Waals surface area contributed by atoms with Gasteiger partial charge in [-0.1, -0.05) is 84.9 Å². The molecule has 0 saturated heterocycles. The minimum Gasteiger partial charge on any atom is -0.361 e. The first-order chi connectivity index (χ1) is 24.3. The van der Waals surface area contributed by atoms with Crippen molar-refractivity contribution in [3.63, 3.8) is 0 Å². The van der Waals surface area contributed by atoms with Crippen molar-refractivity contribution in [3.8, 4) is 22.3 Å². The highest BCUT2D eigenvalue weighted by atomic mass is 14.7. The predicted octanol–water partition coefficient (Wildman–Crippen LogP) is 11.6. The average molecular weight is 624 g/mol. The van der Waals surface area contributed by atoms with Gasteiger partial charge in [0.25, 0.3) is 0 Å². The molecule has 0 atom stereocenters. The van der Waals surface area contributed by atoms with Gasteiger partial charge in [0.1, 0.15) is 0 Å². The molecule has 11 aromatic rings. The van der Waals surface area contributed by atoms with Crippen LogP contribution in [0.4, 0.5) is 0 Å². The smallest absolute Gasteiger partial charge is 0.0280 e. The normalized spacial score (nSPS) is 12.2. The molecule has 3 nitrogen and oxygen atoms in total. The lowest BCUT2D eigenvalue weighted by Crippen LogP contribution is -1.92. The Balaban J connectivity index is 1.39. The van der Waals surface area contributed by atoms with Crippen LogP contribution < -0.4 is 0 Å². The summed E-state index contributed by atoms with van der Waals surface area (Å²) < 4.78 is 0. The second kappa shape index (κ2) is 10.1. The third-order valence-corrected chi connectivity index (χ3v) is 10.8. The predicted molar refractivity (Wildman–Crippen MR) is 204 cm³/mol. The second-order valence-corrected chi connectivity index (χ2v) is 13.4. The summed E-state index contributed by atoms with van der Waals surface area (Å²) in [6.07, 6.45) is 9.29. The number of rotatable bonds is 6. The van der Waals surface area contributed by atoms with Crippen LogP contribution in [0.5, 0.6) is 0 Å². The van der Waals surface area contributed by atoms with E-state index in [-0.39, 0.29) is 0 Å². The molecule has 1 N–H and O–H groups in total. The zero-order chi connectivity index (χ0) is 32.1. The van der Waals surface area contributed by atoms with Crippen LogP contribution in [0.25, 0.3) is 86.9 Å². The third-order valence-electron chi connectivity index (χ3n) is 10.8. The van der Waals surface area contributed by atoms with Crippen LogP contribution in [0.2, 0.25) is 0 Å². The van der Waals surface area contributed by atoms with E-state index in [1.807, 2.05) is 24.8 Å². The first kappa shape index (κ1) is 26.7. The van der Waals surface area contributed by atoms with Crippen molar-refractivity contribution in [2.75, 3.05) is 0 Å². The molecule has 3 heteroatoms. The molecular weight excluding hydrogens is 595 g/mol. The Labute approximate surface area is 282 Å². The Hall–Kier alpha value is -6.32. The fourth-order valence-corrected chi connectivity index (χ4v) is 8.77. The Kier molecular flexibility index (Phi) is 5.50. The molecule has 0 radical (unpaired) electrons. The van der Waals surface area contributed by atoms with Gasteiger partial charge >= 0.3 is 0 Å². The van der Waals surface area contributed by atoms with Crippen molar-refractivity contribution in [1.29, 1.82) is 0 Å². The molecular formula is C46H29N3. The maximum absolute atomic E-state index is 4.38. The van der Waals surface area contributed by atoms with E-state index in [4.69, 9.17) is 0 Å². The van der Waals surface area contributed by atoms with Crippen molar-refractivity contribution in [1.82, 2.24) is 15.0 Å². The molecule has 49 heavy (non-hydrogen) atoms. The third kappa shape index (κ3) is 3.78. The molecule has 0 aliphatic carbocycles. The maximum atomic E-state index is 4.38. The molecule has 0 bridgehead atoms. The molecule has 228 valence electrons. The zero-order valence-electron chi connectivity index (χ0n) is 26.7. The Bertz CT molecular complexity index is 2750. The highest BCUT2D eigenvalue weighted by molar-refractivity contribution is 6.50. The molecule has 0 fully saturated rings. The van der Waals surface area contributed by atoms with Crippen LogP contribution in [0, 0.1) is 0 Å². The molecule has 0 aliphatic rings. The van der Waals surface area contributed by atoms with Crippen LogP contribution in [-0.2, 0) is 12.8 Å². The zero-order valence-corrected chi connectivity index (χ0v) is 26.7. The number of H-pyrrole nitrogens is 1. The van der Waals surface area contributed by atoms with Gasteiger partial charge in [-0.3, -0.25) is 9.97 Å². The molecule has 3 heterocycles. The monoisotopic (exact) mass is 623 g/mol. The minimum absolute atomic E-state index is 0.825. The highest BCUT2D eigenvalue weighted by Crippen LogP contribution is 2.55. The number of nitrogens with one attached hydrogen (secondary N) is 1. The average Bonchev–Trinajstić information content (AvgIpc) is 3.71. The lowest BCUT2D eigenvalue weighted by atomic mass is 9.87. The van der Waals surface area contributed by atoms with Gasteiger partial charge in [-0.05, 0) is 124 Å². The number of benzene rings is 7. The topological polar surface area (TPSA) is 41.6 Å². The van der Waals surface area contributed by atoms with Gasteiger partial charge in [-0.25, -0.2) is 0 Å². The van der Waals surface area contributed by atoms with Crippen LogP contribution in [0.15, 0.2) is 146 Å². The van der Waals surface area contributed by atoms with Crippen LogP contribution in [0.3, 0.4) is 0 Å². The molecule has 3 aromatic heterocycles. The summed E-state index contributed by atoms with van der Waals surface area (Å²) >= 11 is 0. The van der Waals surface area contributed by atoms with Gasteiger partial charge in [0.2, 0.25) is 0 Å². The second-order valence-electron chi connectivity index (χ2n) is 13.4. The van der Waals surface area contributed by atoms with E-state index in [0.29, 0.717) is 0 Å². The van der Waals surface area contributed by atoms with E-state index >= 15 is 0 Å². The standard InChI is InChI=1S/C46H29N3/c1-3-7-27(8-4-1)23-38-41-36-25-34(29-15-19-47-20-16-29)32-13-11-31-12-14-33-35(30-17-21-48-22-18-30)26-37(46-44(33)40(31)43(32)45(36)46)42(41)39(49-38)24-28-9-5-2-6-10-28/h1-22,25-26,49H,23-24H2. The van der Waals surface area contributed by atoms with E-state index in [0.717, 1.165) is 12.8 Å². The van der Waals surface area contributed by atoms with Gasteiger partial charge in [-0.15, -0.1) is 0 Å². The number of pyridine rings is 2. The van der Waals surface area contributed by atoms with Crippen molar-refractivity contribution < 1.29 is 0 Å². The van der Waals surface area contributed by atoms with Gasteiger partial charge in [0.05, 0.1) is 0 Å². The number of aromatic nitrogens is 3. The largest absolute Gasteiger partial charge is 0.361 e. The van der Waals surface area contributed by atoms with Gasteiger partial charge < -0.3 is 4.98 Å². The number of fused-ring (bicyclic) bond motifs is 3. The number of aromatic amines is 1. The van der Waals surface area contributed by atoms with Crippen LogP contribution >= 0.6 is 0 Å². The van der Waals surface area contributed by atoms with Crippen molar-refractivity contribution >= 4 is 64.6 Å². The Morgan fingerprint density at radius 1 is 0.388 bits per heavy atom. The van der Waals surface area contributed by atoms with E-state index < -0.39 is 0 Å². The summed E-state index contributed by atoms with van der Waals surface area (Å²) in [5, 5.41) is 16.1. The fourth-order valence-electron chi connectivity index (χ4n) is 8.77. The maximum Gasteiger partial charge on any atom is 0.0280 e. The van der Waals surface area contributed by atoms with Crippen molar-refractivity contribution in [2.24, 2.45) is 0 Å². The number of hydrogen-bond donors (Lipinski definition) is 1. The number of hydrogen-bond acceptors (Lipinski definition) is 2. The Morgan fingerprint density at radius 3 is 1.27 bits per heavy atom. The van der Waals surface area contributed by atoms with E-state index in [2.05, 4.69) is 136 Å². The fraction of sp³-hybridized carbons (Fsp3) is 0.0435. The molecule has 0 unspecified atom stereocenters. The lowest BCUT2D eigenvalue weighted by Gasteiger charge is -2.15. The summed E-state index contributed by atoms with van der Waals surface area (Å²) in [6, 6.07) is 44.6. The summed E-state index contributed by atoms with van der Waals surface area (Å²) in [5.74, 6) is 0. The summed E-state index contributed by atoms with van der Waals surface area (Å²) in [5.41, 5.74) is 10.0. The van der Waals surface area contributed by atoms with Gasteiger partial charge in [-0.2, -0.15) is 0 Å². The first-order valence-corrected chi connectivity index (χ1v) is 17.0. The van der Waals surface area contributed by atoms with Gasteiger partial charge in [0, 0.05) is 59.8 Å². The van der Waals surface area contributed by atoms with E-state index in [9.17, 15) is 0 Å². The van der Waals surface area contributed by atoms with Crippen molar-refractivity contribution in [2.45, 2.75) is 12.8 Å². The quantitative estimate of drug-likeness (QED) is 0.187. The highest BCUT2D eigenvalue weighted by Gasteiger charge is 2.28. The summed E-state index contributed by atoms with van der Waals surface area (Å²) in [6.45, 7) is 0. The molecule has 0 saturated carbocycles. The first-order valence-electron chi connectivity index (χ1n) is 17.0. The lowest BCUT2D eigenvalue weighted by molar-refractivity contribution is 1.05. The minimum atomic E-state index is 0.825. The molecule has 8 aromatic carbocycles. The summed E-state index contributed by atoms with van der Waals surface area (Å²) in [4.78, 5) is 12.8. The molecule has 0 amide bonds. The summed E-state index contributed by atoms with van der Waals surface area (Å²) in [7, 11) is 0. The number of nitrogens with zero attached hydrogens (tertiary/aromatic N) is 2. The van der Waals surface area contributed by atoms with Crippen LogP contribution in [0.1, 0.15) is 22.5 Å². The van der Waals surface area contributed by atoms with E-state index in [1.54, 1.807) is 0 Å². The van der Waals surface area contributed by atoms with E-state index in [1.165, 1.54) is 109 Å². The molecule has 11 rings (SSSR count). The van der Waals surface area contributed by atoms with Crippen LogP contribution in [-0.4, -0.2) is 15.0 Å². The van der Waals surface area contributed by atoms with Crippen molar-refractivity contribution in [3.05, 3.63) is 169 Å². The SMILES string of the molecule is c1ccc(Cc2[nH]c(Cc3ccccc3)c3c4cc(-c5ccncc5)c5ccc6ccc7c(-c8ccncc8)cc(c23)c2c7c6c5c42)cc1.